The number of anilines is 1. The quantitative estimate of drug-likeness (QED) is 0.786. The summed E-state index contributed by atoms with van der Waals surface area (Å²) in [6.07, 6.45) is 5.13. The summed E-state index contributed by atoms with van der Waals surface area (Å²) in [6, 6.07) is 1.92. The number of carbonyl (C=O) groups is 1. The number of nitrogens with zero attached hydrogens (tertiary/aromatic N) is 3. The van der Waals surface area contributed by atoms with Crippen LogP contribution in [0.2, 0.25) is 0 Å². The molecule has 1 aromatic heterocycles. The number of amides is 1. The van der Waals surface area contributed by atoms with Gasteiger partial charge in [-0.25, -0.2) is 17.7 Å². The molecule has 2 fully saturated rings. The monoisotopic (exact) mass is 392 g/mol. The number of hydrogen-bond acceptors (Lipinski definition) is 5. The van der Waals surface area contributed by atoms with Crippen LogP contribution in [0.1, 0.15) is 47.3 Å². The molecule has 2 aliphatic carbocycles. The molecule has 3 aliphatic rings. The molecular weight excluding hydrogens is 364 g/mol. The van der Waals surface area contributed by atoms with Crippen molar-refractivity contribution in [2.75, 3.05) is 38.6 Å². The fourth-order valence-electron chi connectivity index (χ4n) is 3.60. The van der Waals surface area contributed by atoms with Crippen LogP contribution in [0.5, 0.6) is 0 Å². The molecule has 8 heteroatoms. The van der Waals surface area contributed by atoms with E-state index in [1.165, 1.54) is 12.8 Å². The molecule has 1 aromatic rings. The highest BCUT2D eigenvalue weighted by atomic mass is 32.2. The fourth-order valence-corrected chi connectivity index (χ4v) is 5.44. The third kappa shape index (κ3) is 3.96. The van der Waals surface area contributed by atoms with Gasteiger partial charge in [0.05, 0.1) is 10.8 Å². The Balaban J connectivity index is 1.57. The normalized spacial score (nSPS) is 20.7. The maximum atomic E-state index is 12.7. The van der Waals surface area contributed by atoms with Crippen molar-refractivity contribution < 1.29 is 13.2 Å². The van der Waals surface area contributed by atoms with Gasteiger partial charge in [0.25, 0.3) is 5.91 Å². The summed E-state index contributed by atoms with van der Waals surface area (Å²) in [4.78, 5) is 19.3. The molecule has 27 heavy (non-hydrogen) atoms. The zero-order valence-electron chi connectivity index (χ0n) is 16.1. The fraction of sp³-hybridized carbons (Fsp3) is 0.684. The second-order valence-corrected chi connectivity index (χ2v) is 10.4. The van der Waals surface area contributed by atoms with Crippen LogP contribution in [0.25, 0.3) is 0 Å². The Morgan fingerprint density at radius 3 is 2.56 bits per heavy atom. The van der Waals surface area contributed by atoms with Crippen LogP contribution >= 0.6 is 0 Å². The van der Waals surface area contributed by atoms with Gasteiger partial charge in [0.2, 0.25) is 10.0 Å². The highest BCUT2D eigenvalue weighted by Gasteiger charge is 2.40. The molecule has 7 nitrogen and oxygen atoms in total. The van der Waals surface area contributed by atoms with Crippen molar-refractivity contribution in [1.82, 2.24) is 14.6 Å². The molecule has 0 radical (unpaired) electrons. The number of fused-ring (bicyclic) bond motifs is 1. The molecule has 0 bridgehead atoms. The van der Waals surface area contributed by atoms with Gasteiger partial charge in [-0.2, -0.15) is 0 Å². The van der Waals surface area contributed by atoms with E-state index in [2.05, 4.69) is 5.32 Å². The van der Waals surface area contributed by atoms with E-state index in [0.717, 1.165) is 30.6 Å². The highest BCUT2D eigenvalue weighted by molar-refractivity contribution is 7.90. The Bertz CT molecular complexity index is 845. The average molecular weight is 393 g/mol. The molecular formula is C19H28N4O3S. The number of hydrogen-bond donors (Lipinski definition) is 1. The molecule has 1 N–H and O–H groups in total. The van der Waals surface area contributed by atoms with E-state index in [9.17, 15) is 13.2 Å². The van der Waals surface area contributed by atoms with E-state index in [1.807, 2.05) is 25.1 Å². The smallest absolute Gasteiger partial charge is 0.255 e. The number of nitrogens with one attached hydrogen (secondary N) is 1. The van der Waals surface area contributed by atoms with Gasteiger partial charge in [-0.1, -0.05) is 0 Å². The molecule has 4 rings (SSSR count). The average Bonchev–Trinajstić information content (AvgIpc) is 3.50. The number of carbonyl (C=O) groups excluding carboxylic acids is 1. The minimum Gasteiger partial charge on any atom is -0.362 e. The Labute approximate surface area is 161 Å². The molecule has 2 saturated carbocycles. The first-order valence-electron chi connectivity index (χ1n) is 9.83. The van der Waals surface area contributed by atoms with E-state index < -0.39 is 10.0 Å². The number of pyridine rings is 1. The number of aromatic nitrogens is 1. The van der Waals surface area contributed by atoms with Crippen molar-refractivity contribution in [3.05, 3.63) is 22.9 Å². The maximum Gasteiger partial charge on any atom is 0.255 e. The molecule has 0 atom stereocenters. The van der Waals surface area contributed by atoms with E-state index in [1.54, 1.807) is 4.31 Å². The molecule has 148 valence electrons. The van der Waals surface area contributed by atoms with Crippen LogP contribution in [-0.2, 0) is 22.9 Å². The van der Waals surface area contributed by atoms with Gasteiger partial charge in [0, 0.05) is 45.8 Å². The lowest BCUT2D eigenvalue weighted by molar-refractivity contribution is 0.0952. The van der Waals surface area contributed by atoms with Gasteiger partial charge >= 0.3 is 0 Å². The van der Waals surface area contributed by atoms with Gasteiger partial charge < -0.3 is 10.2 Å². The van der Waals surface area contributed by atoms with E-state index in [0.29, 0.717) is 43.2 Å². The first kappa shape index (κ1) is 18.7. The SMILES string of the molecule is CN(C)c1nc2c(cc1C(=O)NCC1CC1)CCN(S(=O)(=O)C1CC1)CC2. The van der Waals surface area contributed by atoms with Crippen molar-refractivity contribution >= 4 is 21.7 Å². The van der Waals surface area contributed by atoms with Gasteiger partial charge in [0.1, 0.15) is 5.82 Å². The standard InChI is InChI=1S/C19H28N4O3S/c1-22(2)18-16(19(24)20-12-13-3-4-13)11-14-7-9-23(10-8-17(14)21-18)27(25,26)15-5-6-15/h11,13,15H,3-10,12H2,1-2H3,(H,20,24). The lowest BCUT2D eigenvalue weighted by Crippen LogP contribution is -2.35. The lowest BCUT2D eigenvalue weighted by Gasteiger charge is -2.19. The maximum absolute atomic E-state index is 12.7. The van der Waals surface area contributed by atoms with E-state index >= 15 is 0 Å². The van der Waals surface area contributed by atoms with Crippen LogP contribution in [0.4, 0.5) is 5.82 Å². The summed E-state index contributed by atoms with van der Waals surface area (Å²) in [5.41, 5.74) is 2.48. The summed E-state index contributed by atoms with van der Waals surface area (Å²) >= 11 is 0. The minimum absolute atomic E-state index is 0.0902. The molecule has 0 unspecified atom stereocenters. The third-order valence-corrected chi connectivity index (χ3v) is 8.02. The van der Waals surface area contributed by atoms with Crippen LogP contribution in [0.15, 0.2) is 6.07 Å². The van der Waals surface area contributed by atoms with Crippen molar-refractivity contribution in [1.29, 1.82) is 0 Å². The summed E-state index contributed by atoms with van der Waals surface area (Å²) in [5.74, 6) is 1.18. The Hall–Kier alpha value is -1.67. The topological polar surface area (TPSA) is 82.6 Å². The van der Waals surface area contributed by atoms with Gasteiger partial charge in [-0.15, -0.1) is 0 Å². The van der Waals surface area contributed by atoms with Gasteiger partial charge in [-0.3, -0.25) is 4.79 Å². The lowest BCUT2D eigenvalue weighted by atomic mass is 10.0. The Kier molecular flexibility index (Phi) is 4.88. The predicted octanol–water partition coefficient (Wildman–Crippen LogP) is 1.18. The summed E-state index contributed by atoms with van der Waals surface area (Å²) in [5, 5.41) is 2.84. The Morgan fingerprint density at radius 1 is 1.22 bits per heavy atom. The zero-order valence-corrected chi connectivity index (χ0v) is 16.9. The van der Waals surface area contributed by atoms with Crippen LogP contribution in [-0.4, -0.2) is 62.6 Å². The molecule has 0 saturated heterocycles. The van der Waals surface area contributed by atoms with Gasteiger partial charge in [0.15, 0.2) is 0 Å². The first-order chi connectivity index (χ1) is 12.9. The van der Waals surface area contributed by atoms with Crippen LogP contribution < -0.4 is 10.2 Å². The predicted molar refractivity (Wildman–Crippen MR) is 105 cm³/mol. The molecule has 2 heterocycles. The molecule has 1 amide bonds. The first-order valence-corrected chi connectivity index (χ1v) is 11.3. The van der Waals surface area contributed by atoms with Crippen LogP contribution in [0, 0.1) is 5.92 Å². The summed E-state index contributed by atoms with van der Waals surface area (Å²) in [7, 11) is 0.586. The third-order valence-electron chi connectivity index (χ3n) is 5.62. The molecule has 0 spiro atoms. The highest BCUT2D eigenvalue weighted by Crippen LogP contribution is 2.32. The second-order valence-electron chi connectivity index (χ2n) is 8.16. The number of rotatable bonds is 6. The molecule has 0 aromatic carbocycles. The molecule has 1 aliphatic heterocycles. The largest absolute Gasteiger partial charge is 0.362 e. The second kappa shape index (κ2) is 7.05. The number of sulfonamides is 1. The minimum atomic E-state index is -3.18. The van der Waals surface area contributed by atoms with Crippen molar-refractivity contribution in [2.24, 2.45) is 5.92 Å². The van der Waals surface area contributed by atoms with E-state index in [4.69, 9.17) is 4.98 Å². The Morgan fingerprint density at radius 2 is 1.93 bits per heavy atom. The zero-order chi connectivity index (χ0) is 19.2. The van der Waals surface area contributed by atoms with Crippen molar-refractivity contribution in [2.45, 2.75) is 43.8 Å². The van der Waals surface area contributed by atoms with E-state index in [-0.39, 0.29) is 11.2 Å². The van der Waals surface area contributed by atoms with Gasteiger partial charge in [-0.05, 0) is 49.7 Å². The van der Waals surface area contributed by atoms with Crippen molar-refractivity contribution in [3.8, 4) is 0 Å². The van der Waals surface area contributed by atoms with Crippen molar-refractivity contribution in [3.63, 3.8) is 0 Å². The summed E-state index contributed by atoms with van der Waals surface area (Å²) < 4.78 is 26.8. The summed E-state index contributed by atoms with van der Waals surface area (Å²) in [6.45, 7) is 1.66. The van der Waals surface area contributed by atoms with Crippen LogP contribution in [0.3, 0.4) is 0 Å².